The number of carboxylic acid groups (broad SMARTS) is 1. The van der Waals surface area contributed by atoms with Crippen molar-refractivity contribution >= 4 is 11.9 Å². The molecule has 4 saturated carbocycles. The molecule has 1 aromatic carbocycles. The van der Waals surface area contributed by atoms with Crippen molar-refractivity contribution in [1.29, 1.82) is 0 Å². The lowest BCUT2D eigenvalue weighted by Crippen LogP contribution is -2.66. The van der Waals surface area contributed by atoms with Crippen LogP contribution in [0.1, 0.15) is 126 Å². The lowest BCUT2D eigenvalue weighted by atomic mass is 9.33. The van der Waals surface area contributed by atoms with Crippen molar-refractivity contribution < 1.29 is 19.4 Å². The van der Waals surface area contributed by atoms with Gasteiger partial charge in [-0.1, -0.05) is 45.1 Å². The quantitative estimate of drug-likeness (QED) is 0.266. The maximum absolute atomic E-state index is 13.3. The minimum absolute atomic E-state index is 0.0104. The van der Waals surface area contributed by atoms with Crippen LogP contribution in [0, 0.1) is 51.2 Å². The van der Waals surface area contributed by atoms with Crippen molar-refractivity contribution in [2.24, 2.45) is 51.2 Å². The Hall–Kier alpha value is -2.14. The predicted molar refractivity (Wildman–Crippen MR) is 171 cm³/mol. The standard InChI is InChI=1S/C38H55NO4/c1-24(2)25-15-19-38(23-43-33(42)27-12-9-8-11-26(27)32(40)41)21-20-36(6)28(31(25)38)13-14-30-35(5)17-10-22-39-34(3,4)29(35)16-18-37(30,36)7/h8-9,11-12,25,28-31,39H,1,10,13-23H2,2-7H3,(H,40,41)/t25-,28+,29-,30+,31+,35-,36+,37+,38+/m0/s1. The molecule has 2 N–H and O–H groups in total. The average Bonchev–Trinajstić information content (AvgIpc) is 3.29. The largest absolute Gasteiger partial charge is 0.478 e. The lowest BCUT2D eigenvalue weighted by molar-refractivity contribution is -0.226. The number of benzene rings is 1. The fourth-order valence-corrected chi connectivity index (χ4v) is 12.6. The van der Waals surface area contributed by atoms with Gasteiger partial charge in [0.25, 0.3) is 0 Å². The molecule has 43 heavy (non-hydrogen) atoms. The summed E-state index contributed by atoms with van der Waals surface area (Å²) in [7, 11) is 0. The van der Waals surface area contributed by atoms with Crippen molar-refractivity contribution in [3.8, 4) is 0 Å². The summed E-state index contributed by atoms with van der Waals surface area (Å²) in [5.41, 5.74) is 2.41. The number of carbonyl (C=O) groups excluding carboxylic acids is 1. The second-order valence-corrected chi connectivity index (χ2v) is 16.7. The number of allylic oxidation sites excluding steroid dienone is 1. The lowest BCUT2D eigenvalue weighted by Gasteiger charge is -2.71. The number of esters is 1. The molecule has 0 spiro atoms. The van der Waals surface area contributed by atoms with Gasteiger partial charge in [0.05, 0.1) is 17.7 Å². The molecule has 5 heteroatoms. The number of carboxylic acids is 1. The van der Waals surface area contributed by atoms with E-state index in [1.54, 1.807) is 18.2 Å². The Balaban J connectivity index is 1.32. The summed E-state index contributed by atoms with van der Waals surface area (Å²) in [6, 6.07) is 6.43. The number of carbonyl (C=O) groups is 2. The number of ether oxygens (including phenoxy) is 1. The van der Waals surface area contributed by atoms with Crippen LogP contribution in [-0.2, 0) is 4.74 Å². The number of rotatable bonds is 5. The molecule has 0 bridgehead atoms. The van der Waals surface area contributed by atoms with E-state index in [2.05, 4.69) is 53.4 Å². The Bertz CT molecular complexity index is 1300. The molecule has 0 unspecified atom stereocenters. The van der Waals surface area contributed by atoms with Crippen LogP contribution in [0.15, 0.2) is 36.4 Å². The first-order valence-electron chi connectivity index (χ1n) is 17.1. The van der Waals surface area contributed by atoms with E-state index in [0.717, 1.165) is 31.7 Å². The van der Waals surface area contributed by atoms with Gasteiger partial charge in [-0.25, -0.2) is 9.59 Å². The third-order valence-corrected chi connectivity index (χ3v) is 14.7. The highest BCUT2D eigenvalue weighted by molar-refractivity contribution is 6.02. The van der Waals surface area contributed by atoms with Crippen molar-refractivity contribution in [2.75, 3.05) is 13.2 Å². The second-order valence-electron chi connectivity index (χ2n) is 16.7. The Morgan fingerprint density at radius 2 is 1.63 bits per heavy atom. The zero-order valence-corrected chi connectivity index (χ0v) is 27.6. The van der Waals surface area contributed by atoms with Gasteiger partial charge in [0.1, 0.15) is 0 Å². The van der Waals surface area contributed by atoms with Gasteiger partial charge in [0, 0.05) is 11.0 Å². The van der Waals surface area contributed by atoms with E-state index in [-0.39, 0.29) is 32.9 Å². The Morgan fingerprint density at radius 3 is 2.33 bits per heavy atom. The summed E-state index contributed by atoms with van der Waals surface area (Å²) in [5.74, 6) is 1.29. The van der Waals surface area contributed by atoms with Gasteiger partial charge in [-0.05, 0) is 149 Å². The minimum Gasteiger partial charge on any atom is -0.478 e. The third-order valence-electron chi connectivity index (χ3n) is 14.7. The molecule has 9 atom stereocenters. The summed E-state index contributed by atoms with van der Waals surface area (Å²) < 4.78 is 6.12. The van der Waals surface area contributed by atoms with Crippen LogP contribution >= 0.6 is 0 Å². The van der Waals surface area contributed by atoms with E-state index in [1.165, 1.54) is 56.6 Å². The van der Waals surface area contributed by atoms with E-state index >= 15 is 0 Å². The van der Waals surface area contributed by atoms with Crippen LogP contribution in [0.3, 0.4) is 0 Å². The molecule has 1 aliphatic heterocycles. The molecule has 236 valence electrons. The van der Waals surface area contributed by atoms with Gasteiger partial charge in [0.15, 0.2) is 0 Å². The van der Waals surface area contributed by atoms with Crippen molar-refractivity contribution in [1.82, 2.24) is 5.32 Å². The number of aromatic carboxylic acids is 1. The first kappa shape index (κ1) is 30.9. The molecule has 1 saturated heterocycles. The molecular formula is C38H55NO4. The minimum atomic E-state index is -1.10. The Morgan fingerprint density at radius 1 is 0.907 bits per heavy atom. The zero-order valence-electron chi connectivity index (χ0n) is 27.6. The second kappa shape index (κ2) is 10.5. The van der Waals surface area contributed by atoms with Crippen molar-refractivity contribution in [3.05, 3.63) is 47.5 Å². The summed E-state index contributed by atoms with van der Waals surface area (Å²) in [6.45, 7) is 21.1. The number of hydrogen-bond acceptors (Lipinski definition) is 4. The molecule has 5 nitrogen and oxygen atoms in total. The van der Waals surface area contributed by atoms with Gasteiger partial charge in [0.2, 0.25) is 0 Å². The van der Waals surface area contributed by atoms with Gasteiger partial charge in [-0.15, -0.1) is 0 Å². The van der Waals surface area contributed by atoms with Crippen LogP contribution < -0.4 is 5.32 Å². The molecule has 1 aromatic rings. The molecule has 5 aliphatic rings. The van der Waals surface area contributed by atoms with Gasteiger partial charge < -0.3 is 15.2 Å². The van der Waals surface area contributed by atoms with E-state index in [0.29, 0.717) is 35.7 Å². The highest BCUT2D eigenvalue weighted by Gasteiger charge is 2.70. The molecule has 0 amide bonds. The topological polar surface area (TPSA) is 75.6 Å². The number of nitrogens with one attached hydrogen (secondary N) is 1. The highest BCUT2D eigenvalue weighted by atomic mass is 16.5. The first-order valence-corrected chi connectivity index (χ1v) is 17.1. The fourth-order valence-electron chi connectivity index (χ4n) is 12.6. The van der Waals surface area contributed by atoms with E-state index in [4.69, 9.17) is 4.74 Å². The molecule has 5 fully saturated rings. The zero-order chi connectivity index (χ0) is 31.0. The van der Waals surface area contributed by atoms with E-state index in [9.17, 15) is 14.7 Å². The van der Waals surface area contributed by atoms with Crippen LogP contribution in [0.4, 0.5) is 0 Å². The first-order chi connectivity index (χ1) is 20.2. The normalized spacial score (nSPS) is 43.3. The van der Waals surface area contributed by atoms with Gasteiger partial charge in [-0.2, -0.15) is 0 Å². The monoisotopic (exact) mass is 589 g/mol. The van der Waals surface area contributed by atoms with Gasteiger partial charge >= 0.3 is 11.9 Å². The smallest absolute Gasteiger partial charge is 0.339 e. The predicted octanol–water partition coefficient (Wildman–Crippen LogP) is 8.54. The maximum Gasteiger partial charge on any atom is 0.339 e. The number of hydrogen-bond donors (Lipinski definition) is 2. The van der Waals surface area contributed by atoms with Crippen LogP contribution in [-0.4, -0.2) is 35.7 Å². The Labute approximate surface area is 259 Å². The highest BCUT2D eigenvalue weighted by Crippen LogP contribution is 2.76. The van der Waals surface area contributed by atoms with Gasteiger partial charge in [-0.3, -0.25) is 0 Å². The third kappa shape index (κ3) is 4.49. The summed E-state index contributed by atoms with van der Waals surface area (Å²) in [5, 5.41) is 13.6. The molecular weight excluding hydrogens is 534 g/mol. The summed E-state index contributed by atoms with van der Waals surface area (Å²) in [6.07, 6.45) is 12.1. The van der Waals surface area contributed by atoms with Crippen LogP contribution in [0.2, 0.25) is 0 Å². The van der Waals surface area contributed by atoms with Crippen LogP contribution in [0.5, 0.6) is 0 Å². The average molecular weight is 590 g/mol. The summed E-state index contributed by atoms with van der Waals surface area (Å²) >= 11 is 0. The van der Waals surface area contributed by atoms with Crippen LogP contribution in [0.25, 0.3) is 0 Å². The Kier molecular flexibility index (Phi) is 7.51. The fraction of sp³-hybridized carbons (Fsp3) is 0.737. The van der Waals surface area contributed by atoms with E-state index in [1.807, 2.05) is 0 Å². The SMILES string of the molecule is C=C(C)[C@@H]1CC[C@]2(COC(=O)c3ccccc3C(=O)O)CC[C@]3(C)[C@H](CC[C@@H]4[C@@]5(C)CCCNC(C)(C)[C@@H]5CC[C@]43C)[C@@H]12. The molecule has 0 aromatic heterocycles. The molecule has 0 radical (unpaired) electrons. The molecule has 4 aliphatic carbocycles. The number of fused-ring (bicyclic) bond motifs is 7. The summed E-state index contributed by atoms with van der Waals surface area (Å²) in [4.78, 5) is 25.2. The van der Waals surface area contributed by atoms with Crippen molar-refractivity contribution in [2.45, 2.75) is 111 Å². The van der Waals surface area contributed by atoms with E-state index < -0.39 is 11.9 Å². The molecule has 6 rings (SSSR count). The maximum atomic E-state index is 13.3. The van der Waals surface area contributed by atoms with Crippen molar-refractivity contribution in [3.63, 3.8) is 0 Å². The molecule has 1 heterocycles.